The van der Waals surface area contributed by atoms with Crippen LogP contribution in [0.15, 0.2) is 0 Å². The van der Waals surface area contributed by atoms with Crippen molar-refractivity contribution < 1.29 is 0 Å². The smallest absolute Gasteiger partial charge is 0.151 e. The van der Waals surface area contributed by atoms with E-state index in [0.717, 1.165) is 50.4 Å². The number of rotatable bonds is 2. The van der Waals surface area contributed by atoms with Gasteiger partial charge in [-0.05, 0) is 38.3 Å². The molecule has 0 bridgehead atoms. The van der Waals surface area contributed by atoms with E-state index in [2.05, 4.69) is 15.4 Å². The topological polar surface area (TPSA) is 68.8 Å². The van der Waals surface area contributed by atoms with E-state index in [0.29, 0.717) is 5.92 Å². The first kappa shape index (κ1) is 10.2. The van der Waals surface area contributed by atoms with Crippen molar-refractivity contribution in [2.24, 2.45) is 11.7 Å². The number of aryl methyl sites for hydroxylation is 1. The molecule has 0 aliphatic carbocycles. The molecular formula is C11H19N5. The van der Waals surface area contributed by atoms with Crippen LogP contribution in [-0.2, 0) is 12.8 Å². The molecule has 0 aromatic carbocycles. The van der Waals surface area contributed by atoms with E-state index in [9.17, 15) is 0 Å². The molecule has 3 heterocycles. The van der Waals surface area contributed by atoms with Crippen LogP contribution >= 0.6 is 0 Å². The molecule has 88 valence electrons. The van der Waals surface area contributed by atoms with E-state index in [4.69, 9.17) is 5.73 Å². The molecule has 2 atom stereocenters. The van der Waals surface area contributed by atoms with E-state index < -0.39 is 0 Å². The van der Waals surface area contributed by atoms with Gasteiger partial charge in [-0.3, -0.25) is 0 Å². The third-order valence-electron chi connectivity index (χ3n) is 3.59. The molecule has 2 aliphatic rings. The van der Waals surface area contributed by atoms with E-state index in [1.165, 1.54) is 6.42 Å². The Morgan fingerprint density at radius 2 is 2.38 bits per heavy atom. The molecule has 1 aromatic heterocycles. The normalized spacial score (nSPS) is 29.3. The molecule has 3 rings (SSSR count). The molecule has 0 spiro atoms. The van der Waals surface area contributed by atoms with Crippen LogP contribution in [0, 0.1) is 5.92 Å². The van der Waals surface area contributed by atoms with Gasteiger partial charge in [0.05, 0.1) is 0 Å². The zero-order valence-corrected chi connectivity index (χ0v) is 9.52. The van der Waals surface area contributed by atoms with Gasteiger partial charge in [0, 0.05) is 12.8 Å². The minimum atomic E-state index is 0.0479. The van der Waals surface area contributed by atoms with E-state index in [1.54, 1.807) is 0 Å². The summed E-state index contributed by atoms with van der Waals surface area (Å²) in [6, 6.07) is 0. The van der Waals surface area contributed by atoms with Crippen molar-refractivity contribution in [1.29, 1.82) is 0 Å². The number of hydrogen-bond donors (Lipinski definition) is 2. The van der Waals surface area contributed by atoms with Crippen LogP contribution in [0.4, 0.5) is 0 Å². The van der Waals surface area contributed by atoms with Gasteiger partial charge in [0.15, 0.2) is 5.82 Å². The summed E-state index contributed by atoms with van der Waals surface area (Å²) in [5.74, 6) is 2.78. The van der Waals surface area contributed by atoms with E-state index in [1.807, 2.05) is 4.68 Å². The highest BCUT2D eigenvalue weighted by Gasteiger charge is 2.22. The van der Waals surface area contributed by atoms with Gasteiger partial charge in [-0.15, -0.1) is 0 Å². The Hall–Kier alpha value is -0.940. The third-order valence-corrected chi connectivity index (χ3v) is 3.59. The van der Waals surface area contributed by atoms with E-state index >= 15 is 0 Å². The Kier molecular flexibility index (Phi) is 2.65. The third kappa shape index (κ3) is 1.85. The highest BCUT2D eigenvalue weighted by atomic mass is 15.4. The minimum absolute atomic E-state index is 0.0479. The minimum Gasteiger partial charge on any atom is -0.316 e. The number of fused-ring (bicyclic) bond motifs is 1. The number of hydrogen-bond acceptors (Lipinski definition) is 4. The number of nitrogens with zero attached hydrogens (tertiary/aromatic N) is 3. The second-order valence-electron chi connectivity index (χ2n) is 4.91. The van der Waals surface area contributed by atoms with Crippen LogP contribution in [0.1, 0.15) is 37.1 Å². The number of aromatic nitrogens is 3. The predicted octanol–water partition coefficient (Wildman–Crippen LogP) is 0.224. The summed E-state index contributed by atoms with van der Waals surface area (Å²) < 4.78 is 1.93. The molecule has 16 heavy (non-hydrogen) atoms. The number of nitrogens with one attached hydrogen (secondary N) is 1. The van der Waals surface area contributed by atoms with Crippen molar-refractivity contribution in [3.8, 4) is 0 Å². The van der Waals surface area contributed by atoms with E-state index in [-0.39, 0.29) is 6.17 Å². The van der Waals surface area contributed by atoms with Crippen molar-refractivity contribution in [3.05, 3.63) is 11.6 Å². The monoisotopic (exact) mass is 221 g/mol. The first-order valence-electron chi connectivity index (χ1n) is 6.23. The molecular weight excluding hydrogens is 202 g/mol. The largest absolute Gasteiger partial charge is 0.316 e. The quantitative estimate of drug-likeness (QED) is 0.750. The Balaban J connectivity index is 1.75. The van der Waals surface area contributed by atoms with Crippen LogP contribution in [0.2, 0.25) is 0 Å². The SMILES string of the molecule is NC1CCCc2nc(CC3CCNC3)nn21. The van der Waals surface area contributed by atoms with Crippen molar-refractivity contribution in [2.75, 3.05) is 13.1 Å². The zero-order valence-electron chi connectivity index (χ0n) is 9.52. The van der Waals surface area contributed by atoms with Crippen LogP contribution in [0.3, 0.4) is 0 Å². The Morgan fingerprint density at radius 1 is 1.44 bits per heavy atom. The molecule has 5 nitrogen and oxygen atoms in total. The summed E-state index contributed by atoms with van der Waals surface area (Å²) in [7, 11) is 0. The van der Waals surface area contributed by atoms with Crippen molar-refractivity contribution >= 4 is 0 Å². The van der Waals surface area contributed by atoms with Gasteiger partial charge in [-0.2, -0.15) is 5.10 Å². The highest BCUT2D eigenvalue weighted by Crippen LogP contribution is 2.20. The summed E-state index contributed by atoms with van der Waals surface area (Å²) >= 11 is 0. The standard InChI is InChI=1S/C11H19N5/c12-9-2-1-3-11-14-10(15-16(9)11)6-8-4-5-13-7-8/h8-9,13H,1-7,12H2. The van der Waals surface area contributed by atoms with Gasteiger partial charge < -0.3 is 11.1 Å². The number of nitrogens with two attached hydrogens (primary N) is 1. The first-order chi connectivity index (χ1) is 7.83. The maximum absolute atomic E-state index is 6.02. The molecule has 0 saturated carbocycles. The zero-order chi connectivity index (χ0) is 11.0. The molecule has 1 aromatic rings. The Labute approximate surface area is 95.4 Å². The average molecular weight is 221 g/mol. The fourth-order valence-electron chi connectivity index (χ4n) is 2.67. The van der Waals surface area contributed by atoms with Gasteiger partial charge in [0.2, 0.25) is 0 Å². The second kappa shape index (κ2) is 4.14. The van der Waals surface area contributed by atoms with Gasteiger partial charge in [-0.1, -0.05) is 0 Å². The fourth-order valence-corrected chi connectivity index (χ4v) is 2.67. The summed E-state index contributed by atoms with van der Waals surface area (Å²) in [5.41, 5.74) is 6.02. The molecule has 1 fully saturated rings. The Bertz CT molecular complexity index is 366. The van der Waals surface area contributed by atoms with Crippen LogP contribution in [0.5, 0.6) is 0 Å². The summed E-state index contributed by atoms with van der Waals surface area (Å²) in [6.07, 6.45) is 5.50. The average Bonchev–Trinajstić information content (AvgIpc) is 2.88. The second-order valence-corrected chi connectivity index (χ2v) is 4.91. The van der Waals surface area contributed by atoms with Crippen LogP contribution < -0.4 is 11.1 Å². The molecule has 5 heteroatoms. The summed E-state index contributed by atoms with van der Waals surface area (Å²) in [4.78, 5) is 4.61. The van der Waals surface area contributed by atoms with Crippen LogP contribution in [0.25, 0.3) is 0 Å². The van der Waals surface area contributed by atoms with Gasteiger partial charge >= 0.3 is 0 Å². The molecule has 2 unspecified atom stereocenters. The fraction of sp³-hybridized carbons (Fsp3) is 0.818. The lowest BCUT2D eigenvalue weighted by atomic mass is 10.1. The summed E-state index contributed by atoms with van der Waals surface area (Å²) in [6.45, 7) is 2.24. The van der Waals surface area contributed by atoms with Crippen molar-refractivity contribution in [3.63, 3.8) is 0 Å². The van der Waals surface area contributed by atoms with Crippen molar-refractivity contribution in [2.45, 2.75) is 38.3 Å². The lowest BCUT2D eigenvalue weighted by Gasteiger charge is -2.18. The van der Waals surface area contributed by atoms with Gasteiger partial charge in [0.25, 0.3) is 0 Å². The molecule has 1 saturated heterocycles. The maximum Gasteiger partial charge on any atom is 0.151 e. The van der Waals surface area contributed by atoms with Gasteiger partial charge in [-0.25, -0.2) is 9.67 Å². The van der Waals surface area contributed by atoms with Crippen molar-refractivity contribution in [1.82, 2.24) is 20.1 Å². The molecule has 3 N–H and O–H groups in total. The molecule has 0 radical (unpaired) electrons. The predicted molar refractivity (Wildman–Crippen MR) is 60.9 cm³/mol. The Morgan fingerprint density at radius 3 is 3.12 bits per heavy atom. The molecule has 0 amide bonds. The van der Waals surface area contributed by atoms with Gasteiger partial charge in [0.1, 0.15) is 12.0 Å². The van der Waals surface area contributed by atoms with Crippen LogP contribution in [-0.4, -0.2) is 27.9 Å². The lowest BCUT2D eigenvalue weighted by molar-refractivity contribution is 0.370. The first-order valence-corrected chi connectivity index (χ1v) is 6.23. The molecule has 2 aliphatic heterocycles. The maximum atomic E-state index is 6.02. The summed E-state index contributed by atoms with van der Waals surface area (Å²) in [5, 5.41) is 7.92. The highest BCUT2D eigenvalue weighted by molar-refractivity contribution is 4.99. The lowest BCUT2D eigenvalue weighted by Crippen LogP contribution is -2.25.